The predicted molar refractivity (Wildman–Crippen MR) is 108 cm³/mol. The minimum absolute atomic E-state index is 0.442. The van der Waals surface area contributed by atoms with Gasteiger partial charge in [0.05, 0.1) is 23.7 Å². The van der Waals surface area contributed by atoms with E-state index in [1.54, 1.807) is 43.1 Å². The molecule has 3 aromatic rings. The Morgan fingerprint density at radius 1 is 1.23 bits per heavy atom. The lowest BCUT2D eigenvalue weighted by atomic mass is 9.97. The van der Waals surface area contributed by atoms with Crippen molar-refractivity contribution in [2.75, 3.05) is 12.5 Å². The third-order valence-corrected chi connectivity index (χ3v) is 6.07. The molecule has 0 spiro atoms. The average molecular weight is 407 g/mol. The lowest BCUT2D eigenvalue weighted by molar-refractivity contribution is 0.414. The molecule has 26 heavy (non-hydrogen) atoms. The number of nitrogens with zero attached hydrogens (tertiary/aromatic N) is 3. The molecule has 0 aliphatic heterocycles. The fourth-order valence-electron chi connectivity index (χ4n) is 3.23. The Balaban J connectivity index is 1.67. The van der Waals surface area contributed by atoms with Crippen molar-refractivity contribution in [1.82, 2.24) is 9.97 Å². The van der Waals surface area contributed by atoms with Crippen LogP contribution in [0, 0.1) is 0 Å². The molecule has 2 heterocycles. The van der Waals surface area contributed by atoms with E-state index in [1.165, 1.54) is 23.3 Å². The van der Waals surface area contributed by atoms with Crippen molar-refractivity contribution in [3.63, 3.8) is 0 Å². The van der Waals surface area contributed by atoms with Gasteiger partial charge in [-0.3, -0.25) is 5.43 Å². The smallest absolute Gasteiger partial charge is 0.158 e. The highest BCUT2D eigenvalue weighted by Gasteiger charge is 2.19. The number of fused-ring (bicyclic) bond motifs is 3. The molecule has 0 unspecified atom stereocenters. The van der Waals surface area contributed by atoms with Gasteiger partial charge in [-0.2, -0.15) is 5.10 Å². The van der Waals surface area contributed by atoms with Crippen LogP contribution in [0.3, 0.4) is 0 Å². The highest BCUT2D eigenvalue weighted by atomic mass is 35.5. The Morgan fingerprint density at radius 3 is 2.92 bits per heavy atom. The molecular formula is C18H16Cl2N4OS. The quantitative estimate of drug-likeness (QED) is 0.469. The Labute approximate surface area is 165 Å². The van der Waals surface area contributed by atoms with Crippen molar-refractivity contribution in [3.8, 4) is 5.75 Å². The molecule has 0 radical (unpaired) electrons. The maximum atomic E-state index is 6.16. The summed E-state index contributed by atoms with van der Waals surface area (Å²) >= 11 is 14.0. The number of ether oxygens (including phenoxy) is 1. The molecule has 1 N–H and O–H groups in total. The van der Waals surface area contributed by atoms with E-state index in [9.17, 15) is 0 Å². The first-order chi connectivity index (χ1) is 12.7. The van der Waals surface area contributed by atoms with E-state index in [0.717, 1.165) is 28.9 Å². The molecule has 5 nitrogen and oxygen atoms in total. The number of halogens is 2. The van der Waals surface area contributed by atoms with Crippen LogP contribution in [-0.2, 0) is 12.8 Å². The summed E-state index contributed by atoms with van der Waals surface area (Å²) in [7, 11) is 1.56. The first-order valence-corrected chi connectivity index (χ1v) is 9.82. The van der Waals surface area contributed by atoms with Gasteiger partial charge in [0.25, 0.3) is 0 Å². The number of anilines is 1. The molecule has 0 bridgehead atoms. The van der Waals surface area contributed by atoms with Gasteiger partial charge in [-0.25, -0.2) is 9.97 Å². The maximum Gasteiger partial charge on any atom is 0.158 e. The summed E-state index contributed by atoms with van der Waals surface area (Å²) < 4.78 is 5.33. The molecule has 1 aliphatic rings. The van der Waals surface area contributed by atoms with Gasteiger partial charge in [0.15, 0.2) is 5.82 Å². The van der Waals surface area contributed by atoms with Crippen LogP contribution >= 0.6 is 34.5 Å². The van der Waals surface area contributed by atoms with Crippen molar-refractivity contribution in [1.29, 1.82) is 0 Å². The fourth-order valence-corrected chi connectivity index (χ4v) is 5.04. The van der Waals surface area contributed by atoms with E-state index in [2.05, 4.69) is 20.5 Å². The van der Waals surface area contributed by atoms with E-state index < -0.39 is 0 Å². The topological polar surface area (TPSA) is 59.4 Å². The van der Waals surface area contributed by atoms with Crippen molar-refractivity contribution in [3.05, 3.63) is 44.5 Å². The fraction of sp³-hybridized carbons (Fsp3) is 0.278. The molecule has 8 heteroatoms. The highest BCUT2D eigenvalue weighted by molar-refractivity contribution is 7.19. The van der Waals surface area contributed by atoms with Crippen molar-refractivity contribution in [2.24, 2.45) is 5.10 Å². The van der Waals surface area contributed by atoms with Crippen LogP contribution in [-0.4, -0.2) is 23.3 Å². The maximum absolute atomic E-state index is 6.16. The van der Waals surface area contributed by atoms with Crippen molar-refractivity contribution >= 4 is 56.8 Å². The molecule has 2 aromatic heterocycles. The molecule has 0 fully saturated rings. The Morgan fingerprint density at radius 2 is 2.08 bits per heavy atom. The number of hydrogen-bond donors (Lipinski definition) is 1. The number of methoxy groups -OCH3 is 1. The zero-order valence-electron chi connectivity index (χ0n) is 14.1. The van der Waals surface area contributed by atoms with Gasteiger partial charge in [-0.15, -0.1) is 11.3 Å². The summed E-state index contributed by atoms with van der Waals surface area (Å²) in [5, 5.41) is 6.37. The second-order valence-electron chi connectivity index (χ2n) is 5.99. The second-order valence-corrected chi connectivity index (χ2v) is 7.92. The zero-order chi connectivity index (χ0) is 18.1. The summed E-state index contributed by atoms with van der Waals surface area (Å²) in [5.74, 6) is 1.25. The lowest BCUT2D eigenvalue weighted by Crippen LogP contribution is -2.01. The van der Waals surface area contributed by atoms with Crippen LogP contribution in [0.15, 0.2) is 23.6 Å². The SMILES string of the molecule is COc1c(Cl)cc(Cl)cc1C=NNc1ncnc2sc3c(c12)CCCC3. The van der Waals surface area contributed by atoms with Crippen LogP contribution in [0.25, 0.3) is 10.2 Å². The summed E-state index contributed by atoms with van der Waals surface area (Å²) in [6.07, 6.45) is 7.83. The van der Waals surface area contributed by atoms with Crippen molar-refractivity contribution in [2.45, 2.75) is 25.7 Å². The summed E-state index contributed by atoms with van der Waals surface area (Å²) in [4.78, 5) is 11.2. The lowest BCUT2D eigenvalue weighted by Gasteiger charge is -2.11. The average Bonchev–Trinajstić information content (AvgIpc) is 3.01. The van der Waals surface area contributed by atoms with E-state index >= 15 is 0 Å². The number of aromatic nitrogens is 2. The number of rotatable bonds is 4. The van der Waals surface area contributed by atoms with Crippen molar-refractivity contribution < 1.29 is 4.74 Å². The number of hydrazone groups is 1. The second kappa shape index (κ2) is 7.39. The number of benzene rings is 1. The molecule has 134 valence electrons. The predicted octanol–water partition coefficient (Wildman–Crippen LogP) is 5.33. The number of hydrogen-bond acceptors (Lipinski definition) is 6. The van der Waals surface area contributed by atoms with Gasteiger partial charge in [0, 0.05) is 15.5 Å². The molecule has 0 atom stereocenters. The monoisotopic (exact) mass is 406 g/mol. The first kappa shape index (κ1) is 17.5. The number of thiophene rings is 1. The van der Waals surface area contributed by atoms with Crippen LogP contribution in [0.4, 0.5) is 5.82 Å². The minimum atomic E-state index is 0.442. The molecule has 0 saturated carbocycles. The van der Waals surface area contributed by atoms with Gasteiger partial charge in [-0.1, -0.05) is 23.2 Å². The highest BCUT2D eigenvalue weighted by Crippen LogP contribution is 2.38. The van der Waals surface area contributed by atoms with Crippen LogP contribution in [0.5, 0.6) is 5.75 Å². The first-order valence-electron chi connectivity index (χ1n) is 8.24. The van der Waals surface area contributed by atoms with Gasteiger partial charge in [0.2, 0.25) is 0 Å². The van der Waals surface area contributed by atoms with Gasteiger partial charge >= 0.3 is 0 Å². The van der Waals surface area contributed by atoms with E-state index in [0.29, 0.717) is 21.4 Å². The minimum Gasteiger partial charge on any atom is -0.495 e. The number of aryl methyl sites for hydroxylation is 2. The molecule has 1 aromatic carbocycles. The van der Waals surface area contributed by atoms with Crippen LogP contribution in [0.1, 0.15) is 28.8 Å². The summed E-state index contributed by atoms with van der Waals surface area (Å²) in [6.45, 7) is 0. The Hall–Kier alpha value is -1.89. The third kappa shape index (κ3) is 3.24. The van der Waals surface area contributed by atoms with Crippen LogP contribution < -0.4 is 10.2 Å². The van der Waals surface area contributed by atoms with E-state index in [1.807, 2.05) is 0 Å². The molecule has 0 amide bonds. The molecule has 1 aliphatic carbocycles. The number of nitrogens with one attached hydrogen (secondary N) is 1. The Bertz CT molecular complexity index is 1000. The van der Waals surface area contributed by atoms with Gasteiger partial charge in [-0.05, 0) is 43.4 Å². The van der Waals surface area contributed by atoms with Crippen LogP contribution in [0.2, 0.25) is 10.0 Å². The molecule has 4 rings (SSSR count). The standard InChI is InChI=1S/C18H16Cl2N4OS/c1-25-16-10(6-11(19)7-13(16)20)8-23-24-17-15-12-4-2-3-5-14(12)26-18(15)22-9-21-17/h6-9H,2-5H2,1H3,(H,21,22,24). The van der Waals surface area contributed by atoms with E-state index in [4.69, 9.17) is 27.9 Å². The summed E-state index contributed by atoms with van der Waals surface area (Å²) in [5.41, 5.74) is 5.10. The Kier molecular flexibility index (Phi) is 4.98. The summed E-state index contributed by atoms with van der Waals surface area (Å²) in [6, 6.07) is 3.39. The van der Waals surface area contributed by atoms with Gasteiger partial charge in [0.1, 0.15) is 16.9 Å². The molecule has 0 saturated heterocycles. The normalized spacial score (nSPS) is 14.0. The zero-order valence-corrected chi connectivity index (χ0v) is 16.4. The third-order valence-electron chi connectivity index (χ3n) is 4.37. The van der Waals surface area contributed by atoms with Gasteiger partial charge < -0.3 is 4.74 Å². The van der Waals surface area contributed by atoms with E-state index in [-0.39, 0.29) is 0 Å². The largest absolute Gasteiger partial charge is 0.495 e. The molecular weight excluding hydrogens is 391 g/mol.